The molecule has 7 nitrogen and oxygen atoms in total. The molecule has 0 aliphatic carbocycles. The number of fused-ring (bicyclic) bond motifs is 1. The molecule has 0 radical (unpaired) electrons. The maximum atomic E-state index is 12.2. The van der Waals surface area contributed by atoms with E-state index in [1.165, 1.54) is 6.20 Å². The van der Waals surface area contributed by atoms with Gasteiger partial charge in [0.2, 0.25) is 0 Å². The van der Waals surface area contributed by atoms with Crippen LogP contribution in [0, 0.1) is 0 Å². The number of carbonyl (C=O) groups is 1. The fourth-order valence-electron chi connectivity index (χ4n) is 2.56. The molecule has 0 bridgehead atoms. The zero-order valence-corrected chi connectivity index (χ0v) is 14.3. The number of amidine groups is 1. The van der Waals surface area contributed by atoms with Gasteiger partial charge in [0.05, 0.1) is 16.6 Å². The highest BCUT2D eigenvalue weighted by molar-refractivity contribution is 6.31. The summed E-state index contributed by atoms with van der Waals surface area (Å²) in [5.41, 5.74) is 5.07. The molecular weight excluding hydrogens is 363 g/mol. The van der Waals surface area contributed by atoms with E-state index in [1.807, 2.05) is 12.1 Å². The first-order valence-electron chi connectivity index (χ1n) is 7.48. The zero-order chi connectivity index (χ0) is 17.4. The number of carbonyl (C=O) groups excluding carboxylic acids is 1. The lowest BCUT2D eigenvalue weighted by Crippen LogP contribution is -2.29. The Morgan fingerprint density at radius 3 is 2.92 bits per heavy atom. The van der Waals surface area contributed by atoms with Crippen LogP contribution < -0.4 is 10.7 Å². The number of halogens is 2. The maximum Gasteiger partial charge on any atom is 0.258 e. The third kappa shape index (κ3) is 3.29. The first kappa shape index (κ1) is 15.9. The van der Waals surface area contributed by atoms with E-state index in [9.17, 15) is 4.79 Å². The van der Waals surface area contributed by atoms with Gasteiger partial charge < -0.3 is 10.3 Å². The normalized spacial score (nSPS) is 16.6. The smallest absolute Gasteiger partial charge is 0.258 e. The van der Waals surface area contributed by atoms with Crippen LogP contribution in [0.4, 0.5) is 0 Å². The van der Waals surface area contributed by atoms with Crippen LogP contribution in [0.5, 0.6) is 0 Å². The average Bonchev–Trinajstić information content (AvgIpc) is 3.21. The molecule has 2 aromatic heterocycles. The molecule has 1 amide bonds. The molecule has 3 aromatic rings. The number of nitrogens with zero attached hydrogens (tertiary/aromatic N) is 3. The fraction of sp³-hybridized carbons (Fsp3) is 0.125. The van der Waals surface area contributed by atoms with Crippen molar-refractivity contribution in [2.24, 2.45) is 5.10 Å². The summed E-state index contributed by atoms with van der Waals surface area (Å²) in [6.07, 6.45) is 1.92. The van der Waals surface area contributed by atoms with E-state index in [0.717, 1.165) is 16.9 Å². The number of hydrazone groups is 1. The lowest BCUT2D eigenvalue weighted by Gasteiger charge is -2.06. The van der Waals surface area contributed by atoms with Gasteiger partial charge in [-0.2, -0.15) is 5.10 Å². The van der Waals surface area contributed by atoms with Crippen molar-refractivity contribution < 1.29 is 4.79 Å². The molecule has 1 atom stereocenters. The minimum atomic E-state index is -0.290. The molecule has 1 aliphatic rings. The summed E-state index contributed by atoms with van der Waals surface area (Å²) in [4.78, 5) is 23.8. The van der Waals surface area contributed by atoms with Gasteiger partial charge in [0.1, 0.15) is 22.9 Å². The van der Waals surface area contributed by atoms with Crippen molar-refractivity contribution in [1.29, 1.82) is 0 Å². The van der Waals surface area contributed by atoms with E-state index in [-0.39, 0.29) is 11.9 Å². The highest BCUT2D eigenvalue weighted by Gasteiger charge is 2.24. The SMILES string of the molecule is O=C(NC1=NNC(c2nc3ccc(Cl)cc3[nH]2)C1)c1ccc(Cl)nc1. The number of benzene rings is 1. The van der Waals surface area contributed by atoms with Gasteiger partial charge in [0.15, 0.2) is 0 Å². The van der Waals surface area contributed by atoms with Gasteiger partial charge in [0, 0.05) is 17.6 Å². The standard InChI is InChI=1S/C16H12Cl2N6O/c17-9-2-3-10-11(5-9)21-15(20-10)12-6-14(24-23-12)22-16(25)8-1-4-13(18)19-7-8/h1-5,7,12,23H,6H2,(H,20,21)(H,22,24,25). The molecule has 126 valence electrons. The van der Waals surface area contributed by atoms with Gasteiger partial charge >= 0.3 is 0 Å². The number of imidazole rings is 1. The summed E-state index contributed by atoms with van der Waals surface area (Å²) in [5.74, 6) is 0.976. The maximum absolute atomic E-state index is 12.2. The van der Waals surface area contributed by atoms with Gasteiger partial charge in [-0.1, -0.05) is 23.2 Å². The van der Waals surface area contributed by atoms with Crippen LogP contribution >= 0.6 is 23.2 Å². The van der Waals surface area contributed by atoms with Crippen LogP contribution in [-0.4, -0.2) is 26.7 Å². The second-order valence-corrected chi connectivity index (χ2v) is 6.38. The molecule has 1 unspecified atom stereocenters. The van der Waals surface area contributed by atoms with Crippen LogP contribution in [0.2, 0.25) is 10.2 Å². The van der Waals surface area contributed by atoms with E-state index in [4.69, 9.17) is 23.2 Å². The van der Waals surface area contributed by atoms with Crippen molar-refractivity contribution >= 4 is 46.0 Å². The van der Waals surface area contributed by atoms with Gasteiger partial charge in [0.25, 0.3) is 5.91 Å². The Balaban J connectivity index is 1.44. The predicted molar refractivity (Wildman–Crippen MR) is 95.7 cm³/mol. The number of H-pyrrole nitrogens is 1. The van der Waals surface area contributed by atoms with E-state index in [2.05, 4.69) is 30.8 Å². The Hall–Kier alpha value is -2.64. The molecule has 25 heavy (non-hydrogen) atoms. The van der Waals surface area contributed by atoms with E-state index >= 15 is 0 Å². The monoisotopic (exact) mass is 374 g/mol. The summed E-state index contributed by atoms with van der Waals surface area (Å²) < 4.78 is 0. The first-order chi connectivity index (χ1) is 12.1. The second kappa shape index (κ2) is 6.34. The van der Waals surface area contributed by atoms with Gasteiger partial charge in [-0.15, -0.1) is 0 Å². The predicted octanol–water partition coefficient (Wildman–Crippen LogP) is 3.04. The minimum absolute atomic E-state index is 0.148. The number of pyridine rings is 1. The molecule has 3 heterocycles. The van der Waals surface area contributed by atoms with Crippen molar-refractivity contribution in [2.45, 2.75) is 12.5 Å². The van der Waals surface area contributed by atoms with Crippen LogP contribution in [0.25, 0.3) is 11.0 Å². The lowest BCUT2D eigenvalue weighted by atomic mass is 10.2. The minimum Gasteiger partial charge on any atom is -0.340 e. The summed E-state index contributed by atoms with van der Waals surface area (Å²) in [6, 6.07) is 8.48. The highest BCUT2D eigenvalue weighted by Crippen LogP contribution is 2.23. The zero-order valence-electron chi connectivity index (χ0n) is 12.8. The van der Waals surface area contributed by atoms with Crippen molar-refractivity contribution in [3.63, 3.8) is 0 Å². The third-order valence-corrected chi connectivity index (χ3v) is 4.25. The molecule has 4 rings (SSSR count). The number of aromatic nitrogens is 3. The van der Waals surface area contributed by atoms with Crippen LogP contribution in [0.3, 0.4) is 0 Å². The average molecular weight is 375 g/mol. The summed E-state index contributed by atoms with van der Waals surface area (Å²) in [6.45, 7) is 0. The number of aromatic amines is 1. The Kier molecular flexibility index (Phi) is 4.03. The van der Waals surface area contributed by atoms with Crippen LogP contribution in [0.1, 0.15) is 28.6 Å². The van der Waals surface area contributed by atoms with Crippen LogP contribution in [-0.2, 0) is 0 Å². The molecule has 0 saturated carbocycles. The fourth-order valence-corrected chi connectivity index (χ4v) is 2.84. The molecule has 3 N–H and O–H groups in total. The molecule has 0 saturated heterocycles. The number of nitrogens with one attached hydrogen (secondary N) is 3. The summed E-state index contributed by atoms with van der Waals surface area (Å²) >= 11 is 11.7. The Morgan fingerprint density at radius 1 is 1.24 bits per heavy atom. The number of hydrogen-bond acceptors (Lipinski definition) is 5. The Labute approximate surface area is 152 Å². The highest BCUT2D eigenvalue weighted by atomic mass is 35.5. The Morgan fingerprint density at radius 2 is 2.12 bits per heavy atom. The molecule has 9 heteroatoms. The molecule has 0 fully saturated rings. The molecule has 1 aliphatic heterocycles. The molecular formula is C16H12Cl2N6O. The molecule has 1 aromatic carbocycles. The number of rotatable bonds is 2. The van der Waals surface area contributed by atoms with Gasteiger partial charge in [-0.05, 0) is 30.3 Å². The van der Waals surface area contributed by atoms with Gasteiger partial charge in [-0.3, -0.25) is 10.2 Å². The van der Waals surface area contributed by atoms with Crippen LogP contribution in [0.15, 0.2) is 41.6 Å². The quantitative estimate of drug-likeness (QED) is 0.600. The van der Waals surface area contributed by atoms with Crippen molar-refractivity contribution in [3.05, 3.63) is 58.1 Å². The third-order valence-electron chi connectivity index (χ3n) is 3.79. The second-order valence-electron chi connectivity index (χ2n) is 5.55. The largest absolute Gasteiger partial charge is 0.340 e. The van der Waals surface area contributed by atoms with Gasteiger partial charge in [-0.25, -0.2) is 9.97 Å². The first-order valence-corrected chi connectivity index (χ1v) is 8.24. The summed E-state index contributed by atoms with van der Waals surface area (Å²) in [7, 11) is 0. The lowest BCUT2D eigenvalue weighted by molar-refractivity contribution is 0.0976. The van der Waals surface area contributed by atoms with Crippen molar-refractivity contribution in [2.75, 3.05) is 0 Å². The number of amides is 1. The van der Waals surface area contributed by atoms with Crippen molar-refractivity contribution in [3.8, 4) is 0 Å². The molecule has 0 spiro atoms. The van der Waals surface area contributed by atoms with E-state index in [0.29, 0.717) is 28.0 Å². The summed E-state index contributed by atoms with van der Waals surface area (Å²) in [5, 5.41) is 7.90. The number of hydrogen-bond donors (Lipinski definition) is 3. The van der Waals surface area contributed by atoms with E-state index in [1.54, 1.807) is 18.2 Å². The topological polar surface area (TPSA) is 95.1 Å². The Bertz CT molecular complexity index is 982. The van der Waals surface area contributed by atoms with Crippen molar-refractivity contribution in [1.82, 2.24) is 25.7 Å². The van der Waals surface area contributed by atoms with E-state index < -0.39 is 0 Å².